The first-order chi connectivity index (χ1) is 33.4. The summed E-state index contributed by atoms with van der Waals surface area (Å²) in [6, 6.07) is -0.926. The largest absolute Gasteiger partial charge is 0.756 e. The van der Waals surface area contributed by atoms with Crippen molar-refractivity contribution in [3.05, 3.63) is 85.1 Å². The Morgan fingerprint density at radius 1 is 0.522 bits per heavy atom. The molecule has 0 aliphatic rings. The molecule has 0 saturated heterocycles. The van der Waals surface area contributed by atoms with Crippen LogP contribution in [0.4, 0.5) is 0 Å². The molecule has 0 bridgehead atoms. The van der Waals surface area contributed by atoms with Gasteiger partial charge in [-0.3, -0.25) is 14.2 Å². The first-order valence-corrected chi connectivity index (χ1v) is 29.4. The molecule has 0 aliphatic heterocycles. The lowest BCUT2D eigenvalue weighted by Gasteiger charge is -2.30. The Morgan fingerprint density at radius 3 is 1.43 bits per heavy atom. The molecule has 0 saturated carbocycles. The number of rotatable bonds is 49. The number of likely N-dealkylation sites (N-methyl/N-ethyl adjacent to an activating group) is 1. The highest BCUT2D eigenvalue weighted by molar-refractivity contribution is 7.45. The average Bonchev–Trinajstić information content (AvgIpc) is 3.31. The fraction of sp³-hybridized carbons (Fsp3) is 0.729. The Bertz CT molecular complexity index is 1460. The average molecular weight is 985 g/mol. The molecule has 3 atom stereocenters. The van der Waals surface area contributed by atoms with Crippen LogP contribution < -0.4 is 10.2 Å². The van der Waals surface area contributed by atoms with Crippen LogP contribution in [0.15, 0.2) is 85.1 Å². The molecule has 0 radical (unpaired) electrons. The summed E-state index contributed by atoms with van der Waals surface area (Å²) in [7, 11) is 1.13. The van der Waals surface area contributed by atoms with Crippen LogP contribution in [0.1, 0.15) is 226 Å². The number of nitrogens with zero attached hydrogens (tertiary/aromatic N) is 1. The van der Waals surface area contributed by atoms with Crippen molar-refractivity contribution in [2.24, 2.45) is 0 Å². The van der Waals surface area contributed by atoms with Crippen LogP contribution in [-0.4, -0.2) is 69.4 Å². The third kappa shape index (κ3) is 49.9. The number of quaternary nitrogens is 1. The van der Waals surface area contributed by atoms with Gasteiger partial charge in [0, 0.05) is 12.8 Å². The van der Waals surface area contributed by atoms with Gasteiger partial charge in [0.1, 0.15) is 19.3 Å². The van der Waals surface area contributed by atoms with Crippen molar-refractivity contribution < 1.29 is 37.3 Å². The number of ether oxygens (including phenoxy) is 1. The van der Waals surface area contributed by atoms with Gasteiger partial charge in [0.15, 0.2) is 0 Å². The maximum Gasteiger partial charge on any atom is 0.306 e. The van der Waals surface area contributed by atoms with Crippen molar-refractivity contribution in [1.82, 2.24) is 5.32 Å². The maximum atomic E-state index is 13.4. The predicted molar refractivity (Wildman–Crippen MR) is 293 cm³/mol. The van der Waals surface area contributed by atoms with Crippen molar-refractivity contribution >= 4 is 19.7 Å². The van der Waals surface area contributed by atoms with Crippen molar-refractivity contribution in [3.8, 4) is 0 Å². The summed E-state index contributed by atoms with van der Waals surface area (Å²) >= 11 is 0. The SMILES string of the molecule is CC/C=C\C/C=C\C/C=C\C/C=C\C/C=C\CCCC(=O)NC(COP(=O)([O-])OCC[N+](C)(C)C)C(/C=C/CCCCCCCCCCCC)OC(=O)CCCCC/C=C\CCCCCCCCC. The predicted octanol–water partition coefficient (Wildman–Crippen LogP) is 16.0. The Kier molecular flexibility index (Phi) is 46.8. The van der Waals surface area contributed by atoms with Crippen molar-refractivity contribution in [2.75, 3.05) is 40.9 Å². The van der Waals surface area contributed by atoms with E-state index in [-0.39, 0.29) is 31.3 Å². The van der Waals surface area contributed by atoms with E-state index >= 15 is 0 Å². The molecule has 0 heterocycles. The van der Waals surface area contributed by atoms with E-state index in [9.17, 15) is 19.0 Å². The molecular weight excluding hydrogens is 880 g/mol. The quantitative estimate of drug-likeness (QED) is 0.0212. The first-order valence-electron chi connectivity index (χ1n) is 27.9. The van der Waals surface area contributed by atoms with Gasteiger partial charge in [0.2, 0.25) is 5.91 Å². The zero-order valence-corrected chi connectivity index (χ0v) is 46.1. The monoisotopic (exact) mass is 985 g/mol. The van der Waals surface area contributed by atoms with Gasteiger partial charge in [-0.15, -0.1) is 0 Å². The summed E-state index contributed by atoms with van der Waals surface area (Å²) < 4.78 is 30.1. The number of carbonyl (C=O) groups excluding carboxylic acids is 2. The summed E-state index contributed by atoms with van der Waals surface area (Å²) in [6.45, 7) is 6.65. The number of unbranched alkanes of at least 4 members (excludes halogenated alkanes) is 21. The van der Waals surface area contributed by atoms with Crippen LogP contribution in [0.3, 0.4) is 0 Å². The van der Waals surface area contributed by atoms with E-state index in [1.807, 2.05) is 27.2 Å². The lowest BCUT2D eigenvalue weighted by Crippen LogP contribution is -2.47. The number of carbonyl (C=O) groups is 2. The highest BCUT2D eigenvalue weighted by atomic mass is 31.2. The Labute approximate surface area is 425 Å². The van der Waals surface area contributed by atoms with Gasteiger partial charge in [0.25, 0.3) is 7.82 Å². The summed E-state index contributed by atoms with van der Waals surface area (Å²) in [5, 5.41) is 2.98. The Morgan fingerprint density at radius 2 is 0.942 bits per heavy atom. The molecular formula is C59H105N2O7P. The fourth-order valence-corrected chi connectivity index (χ4v) is 8.21. The van der Waals surface area contributed by atoms with Crippen LogP contribution in [0.25, 0.3) is 0 Å². The first kappa shape index (κ1) is 66.2. The van der Waals surface area contributed by atoms with Crippen molar-refractivity contribution in [2.45, 2.75) is 238 Å². The fourth-order valence-electron chi connectivity index (χ4n) is 7.49. The smallest absolute Gasteiger partial charge is 0.306 e. The molecule has 0 fully saturated rings. The Balaban J connectivity index is 5.50. The number of hydrogen-bond acceptors (Lipinski definition) is 7. The standard InChI is InChI=1S/C59H105N2O7P/c1-7-10-13-16-19-22-25-28-30-31-32-33-36-39-42-45-48-51-58(62)60-56(55-67-69(64,65)66-54-53-61(4,5)6)57(50-47-44-41-38-35-27-24-21-18-15-12-9-3)68-59(63)52-49-46-43-40-37-34-29-26-23-20-17-14-11-8-2/h10,13,19,22,28,30,32-34,37,39,42,47,50,56-57H,7-9,11-12,14-18,20-21,23-27,29,31,35-36,38,40-41,43-46,48-49,51-55H2,1-6H3,(H-,60,62,64,65)/b13-10-,22-19-,30-28-,33-32-,37-34-,42-39-,50-47+. The third-order valence-corrected chi connectivity index (χ3v) is 12.8. The number of amides is 1. The number of phosphoric ester groups is 1. The molecule has 0 spiro atoms. The van der Waals surface area contributed by atoms with E-state index in [0.29, 0.717) is 23.9 Å². The zero-order chi connectivity index (χ0) is 50.8. The minimum absolute atomic E-state index is 0.0384. The zero-order valence-electron chi connectivity index (χ0n) is 45.2. The summed E-state index contributed by atoms with van der Waals surface area (Å²) in [5.74, 6) is -0.632. The molecule has 1 amide bonds. The van der Waals surface area contributed by atoms with E-state index < -0.39 is 26.6 Å². The van der Waals surface area contributed by atoms with Gasteiger partial charge < -0.3 is 28.5 Å². The van der Waals surface area contributed by atoms with Gasteiger partial charge in [0.05, 0.1) is 33.8 Å². The lowest BCUT2D eigenvalue weighted by atomic mass is 10.1. The van der Waals surface area contributed by atoms with Gasteiger partial charge in [-0.05, 0) is 96.0 Å². The molecule has 398 valence electrons. The summed E-state index contributed by atoms with van der Waals surface area (Å²) in [4.78, 5) is 39.8. The van der Waals surface area contributed by atoms with Crippen LogP contribution >= 0.6 is 7.82 Å². The topological polar surface area (TPSA) is 114 Å². The van der Waals surface area contributed by atoms with Crippen LogP contribution in [0.2, 0.25) is 0 Å². The minimum Gasteiger partial charge on any atom is -0.756 e. The van der Waals surface area contributed by atoms with Crippen LogP contribution in [0.5, 0.6) is 0 Å². The number of hydrogen-bond donors (Lipinski definition) is 1. The second kappa shape index (κ2) is 48.8. The summed E-state index contributed by atoms with van der Waals surface area (Å²) in [6.07, 6.45) is 62.7. The number of esters is 1. The van der Waals surface area contributed by atoms with Crippen molar-refractivity contribution in [3.63, 3.8) is 0 Å². The Hall–Kier alpha value is -2.81. The molecule has 0 aliphatic carbocycles. The van der Waals surface area contributed by atoms with E-state index in [2.05, 4.69) is 99.0 Å². The van der Waals surface area contributed by atoms with Crippen LogP contribution in [0, 0.1) is 0 Å². The summed E-state index contributed by atoms with van der Waals surface area (Å²) in [5.41, 5.74) is 0. The third-order valence-electron chi connectivity index (χ3n) is 11.8. The molecule has 0 aromatic carbocycles. The van der Waals surface area contributed by atoms with E-state index in [1.54, 1.807) is 6.08 Å². The molecule has 10 heteroatoms. The van der Waals surface area contributed by atoms with Gasteiger partial charge in [-0.2, -0.15) is 0 Å². The van der Waals surface area contributed by atoms with Crippen LogP contribution in [-0.2, 0) is 27.9 Å². The van der Waals surface area contributed by atoms with E-state index in [4.69, 9.17) is 13.8 Å². The van der Waals surface area contributed by atoms with Crippen molar-refractivity contribution in [1.29, 1.82) is 0 Å². The molecule has 9 nitrogen and oxygen atoms in total. The van der Waals surface area contributed by atoms with Gasteiger partial charge >= 0.3 is 5.97 Å². The minimum atomic E-state index is -4.71. The number of nitrogens with one attached hydrogen (secondary N) is 1. The highest BCUT2D eigenvalue weighted by Gasteiger charge is 2.27. The molecule has 1 N–H and O–H groups in total. The molecule has 69 heavy (non-hydrogen) atoms. The molecule has 0 rings (SSSR count). The second-order valence-corrected chi connectivity index (χ2v) is 21.1. The molecule has 0 aromatic heterocycles. The normalized spacial score (nSPS) is 14.5. The maximum absolute atomic E-state index is 13.4. The van der Waals surface area contributed by atoms with Gasteiger partial charge in [-0.1, -0.05) is 202 Å². The van der Waals surface area contributed by atoms with E-state index in [1.165, 1.54) is 96.3 Å². The lowest BCUT2D eigenvalue weighted by molar-refractivity contribution is -0.870. The molecule has 0 aromatic rings. The molecule has 3 unspecified atom stereocenters. The number of allylic oxidation sites excluding steroid dienone is 13. The number of phosphoric acid groups is 1. The highest BCUT2D eigenvalue weighted by Crippen LogP contribution is 2.38. The van der Waals surface area contributed by atoms with E-state index in [0.717, 1.165) is 83.5 Å². The van der Waals surface area contributed by atoms with Gasteiger partial charge in [-0.25, -0.2) is 0 Å². The second-order valence-electron chi connectivity index (χ2n) is 19.7.